The number of nitrogens with zero attached hydrogens (tertiary/aromatic N) is 1. The van der Waals surface area contributed by atoms with E-state index in [1.54, 1.807) is 6.20 Å². The second-order valence-corrected chi connectivity index (χ2v) is 4.81. The average molecular weight is 275 g/mol. The molecule has 2 aromatic rings. The number of hydrogen-bond acceptors (Lipinski definition) is 4. The first kappa shape index (κ1) is 14.1. The Bertz CT molecular complexity index is 501. The van der Waals surface area contributed by atoms with Crippen molar-refractivity contribution in [1.82, 2.24) is 4.98 Å². The van der Waals surface area contributed by atoms with Crippen molar-refractivity contribution >= 4 is 12.6 Å². The number of pyridine rings is 1. The first-order valence-corrected chi connectivity index (χ1v) is 6.84. The highest BCUT2D eigenvalue weighted by Crippen LogP contribution is 2.23. The van der Waals surface area contributed by atoms with E-state index in [2.05, 4.69) is 17.6 Å². The molecule has 100 valence electrons. The van der Waals surface area contributed by atoms with Crippen molar-refractivity contribution in [1.29, 1.82) is 0 Å². The van der Waals surface area contributed by atoms with Crippen LogP contribution in [-0.4, -0.2) is 27.1 Å². The van der Waals surface area contributed by atoms with Crippen LogP contribution in [0.4, 0.5) is 0 Å². The van der Waals surface area contributed by atoms with Gasteiger partial charge in [-0.2, -0.15) is 12.6 Å². The minimum absolute atomic E-state index is 0.465. The summed E-state index contributed by atoms with van der Waals surface area (Å²) < 4.78 is 0. The summed E-state index contributed by atoms with van der Waals surface area (Å²) in [6.07, 6.45) is 0.559. The van der Waals surface area contributed by atoms with Gasteiger partial charge in [0.2, 0.25) is 0 Å². The van der Waals surface area contributed by atoms with Crippen molar-refractivity contribution in [3.8, 4) is 11.3 Å². The van der Waals surface area contributed by atoms with E-state index in [1.165, 1.54) is 0 Å². The number of benzene rings is 1. The normalized spacial score (nSPS) is 14.1. The number of thiol groups is 1. The summed E-state index contributed by atoms with van der Waals surface area (Å²) in [5.74, 6) is 0.546. The van der Waals surface area contributed by atoms with Crippen LogP contribution in [0.5, 0.6) is 0 Å². The van der Waals surface area contributed by atoms with Crippen LogP contribution in [0.1, 0.15) is 18.1 Å². The molecule has 1 aromatic heterocycles. The molecule has 2 N–H and O–H groups in total. The molecule has 0 aliphatic heterocycles. The predicted octanol–water partition coefficient (Wildman–Crippen LogP) is 2.46. The molecule has 19 heavy (non-hydrogen) atoms. The van der Waals surface area contributed by atoms with Gasteiger partial charge in [-0.3, -0.25) is 4.98 Å². The lowest BCUT2D eigenvalue weighted by Gasteiger charge is -2.17. The Labute approximate surface area is 118 Å². The third-order valence-electron chi connectivity index (χ3n) is 3.00. The maximum Gasteiger partial charge on any atom is 0.105 e. The van der Waals surface area contributed by atoms with E-state index in [0.29, 0.717) is 17.7 Å². The number of aromatic nitrogens is 1. The lowest BCUT2D eigenvalue weighted by molar-refractivity contribution is 0.0172. The Kier molecular flexibility index (Phi) is 4.96. The van der Waals surface area contributed by atoms with Gasteiger partial charge in [-0.1, -0.05) is 30.3 Å². The van der Waals surface area contributed by atoms with Crippen LogP contribution in [0, 0.1) is 0 Å². The summed E-state index contributed by atoms with van der Waals surface area (Å²) in [4.78, 5) is 4.27. The van der Waals surface area contributed by atoms with Crippen LogP contribution in [0.2, 0.25) is 0 Å². The van der Waals surface area contributed by atoms with Crippen LogP contribution >= 0.6 is 12.6 Å². The fraction of sp³-hybridized carbons (Fsp3) is 0.267. The molecular formula is C15H17NO2S. The summed E-state index contributed by atoms with van der Waals surface area (Å²) in [5, 5.41) is 19.7. The lowest BCUT2D eigenvalue weighted by Crippen LogP contribution is -2.18. The molecule has 3 nitrogen and oxygen atoms in total. The molecule has 0 amide bonds. The third kappa shape index (κ3) is 3.56. The summed E-state index contributed by atoms with van der Waals surface area (Å²) >= 11 is 4.05. The molecule has 0 aliphatic carbocycles. The van der Waals surface area contributed by atoms with E-state index in [1.807, 2.05) is 42.5 Å². The van der Waals surface area contributed by atoms with Crippen molar-refractivity contribution in [3.05, 3.63) is 54.2 Å². The van der Waals surface area contributed by atoms with E-state index in [4.69, 9.17) is 0 Å². The van der Waals surface area contributed by atoms with Gasteiger partial charge in [-0.25, -0.2) is 0 Å². The van der Waals surface area contributed by atoms with Crippen LogP contribution in [0.15, 0.2) is 48.7 Å². The van der Waals surface area contributed by atoms with Gasteiger partial charge in [-0.15, -0.1) is 0 Å². The predicted molar refractivity (Wildman–Crippen MR) is 79.1 cm³/mol. The molecule has 2 unspecified atom stereocenters. The highest BCUT2D eigenvalue weighted by atomic mass is 32.1. The lowest BCUT2D eigenvalue weighted by atomic mass is 10.0. The zero-order valence-corrected chi connectivity index (χ0v) is 11.4. The van der Waals surface area contributed by atoms with Gasteiger partial charge in [0, 0.05) is 11.8 Å². The van der Waals surface area contributed by atoms with E-state index in [0.717, 1.165) is 11.3 Å². The van der Waals surface area contributed by atoms with Crippen LogP contribution in [-0.2, 0) is 0 Å². The maximum atomic E-state index is 9.98. The van der Waals surface area contributed by atoms with Crippen molar-refractivity contribution in [3.63, 3.8) is 0 Å². The molecular weight excluding hydrogens is 258 g/mol. The summed E-state index contributed by atoms with van der Waals surface area (Å²) in [6.45, 7) is 0. The first-order valence-electron chi connectivity index (χ1n) is 6.20. The molecule has 1 heterocycles. The van der Waals surface area contributed by atoms with Gasteiger partial charge >= 0.3 is 0 Å². The Hall–Kier alpha value is -1.36. The van der Waals surface area contributed by atoms with E-state index < -0.39 is 12.2 Å². The molecule has 0 bridgehead atoms. The average Bonchev–Trinajstić information content (AvgIpc) is 2.48. The van der Waals surface area contributed by atoms with Gasteiger partial charge in [0.25, 0.3) is 0 Å². The maximum absolute atomic E-state index is 9.98. The smallest absolute Gasteiger partial charge is 0.105 e. The monoisotopic (exact) mass is 275 g/mol. The topological polar surface area (TPSA) is 53.4 Å². The quantitative estimate of drug-likeness (QED) is 0.735. The van der Waals surface area contributed by atoms with Gasteiger partial charge in [0.15, 0.2) is 0 Å². The third-order valence-corrected chi connectivity index (χ3v) is 3.26. The molecule has 0 saturated heterocycles. The highest BCUT2D eigenvalue weighted by molar-refractivity contribution is 7.80. The Morgan fingerprint density at radius 2 is 1.79 bits per heavy atom. The fourth-order valence-electron chi connectivity index (χ4n) is 1.90. The fourth-order valence-corrected chi connectivity index (χ4v) is 2.16. The number of aliphatic hydroxyl groups excluding tert-OH is 2. The number of hydrogen-bond donors (Lipinski definition) is 3. The van der Waals surface area contributed by atoms with Gasteiger partial charge < -0.3 is 10.2 Å². The van der Waals surface area contributed by atoms with E-state index in [9.17, 15) is 10.2 Å². The zero-order chi connectivity index (χ0) is 13.7. The van der Waals surface area contributed by atoms with Crippen LogP contribution in [0.3, 0.4) is 0 Å². The standard InChI is InChI=1S/C15H17NO2S/c17-14(8-10-19)15(18)12-6-4-11(5-7-12)13-3-1-2-9-16-13/h1-7,9,14-15,17-19H,8,10H2. The SMILES string of the molecule is OC(CCS)C(O)c1ccc(-c2ccccn2)cc1. The molecule has 2 rings (SSSR count). The van der Waals surface area contributed by atoms with Crippen molar-refractivity contribution in [2.24, 2.45) is 0 Å². The Balaban J connectivity index is 2.15. The van der Waals surface area contributed by atoms with Gasteiger partial charge in [0.05, 0.1) is 11.8 Å². The molecule has 2 atom stereocenters. The minimum atomic E-state index is -0.870. The molecule has 0 aliphatic rings. The van der Waals surface area contributed by atoms with Crippen LogP contribution in [0.25, 0.3) is 11.3 Å². The molecule has 0 fully saturated rings. The van der Waals surface area contributed by atoms with Crippen molar-refractivity contribution < 1.29 is 10.2 Å². The van der Waals surface area contributed by atoms with Crippen molar-refractivity contribution in [2.75, 3.05) is 5.75 Å². The van der Waals surface area contributed by atoms with E-state index in [-0.39, 0.29) is 0 Å². The molecule has 4 heteroatoms. The molecule has 1 aromatic carbocycles. The number of aliphatic hydroxyl groups is 2. The molecule has 0 saturated carbocycles. The molecule has 0 spiro atoms. The van der Waals surface area contributed by atoms with Crippen molar-refractivity contribution in [2.45, 2.75) is 18.6 Å². The first-order chi connectivity index (χ1) is 9.22. The largest absolute Gasteiger partial charge is 0.390 e. The Morgan fingerprint density at radius 1 is 1.05 bits per heavy atom. The summed E-state index contributed by atoms with van der Waals surface area (Å²) in [7, 11) is 0. The summed E-state index contributed by atoms with van der Waals surface area (Å²) in [5.41, 5.74) is 2.58. The van der Waals surface area contributed by atoms with Gasteiger partial charge in [0.1, 0.15) is 6.10 Å². The van der Waals surface area contributed by atoms with E-state index >= 15 is 0 Å². The Morgan fingerprint density at radius 3 is 2.37 bits per heavy atom. The minimum Gasteiger partial charge on any atom is -0.390 e. The van der Waals surface area contributed by atoms with Gasteiger partial charge in [-0.05, 0) is 29.9 Å². The van der Waals surface area contributed by atoms with Crippen LogP contribution < -0.4 is 0 Å². The number of rotatable bonds is 5. The second kappa shape index (κ2) is 6.70. The summed E-state index contributed by atoms with van der Waals surface area (Å²) in [6, 6.07) is 13.2. The zero-order valence-electron chi connectivity index (χ0n) is 10.5. The second-order valence-electron chi connectivity index (χ2n) is 4.36. The molecule has 0 radical (unpaired) electrons. The highest BCUT2D eigenvalue weighted by Gasteiger charge is 2.17.